The largest absolute Gasteiger partial charge is 0.465 e. The van der Waals surface area contributed by atoms with Gasteiger partial charge in [0.05, 0.1) is 18.4 Å². The van der Waals surface area contributed by atoms with Crippen molar-refractivity contribution < 1.29 is 14.3 Å². The monoisotopic (exact) mass is 238 g/mol. The zero-order valence-electron chi connectivity index (χ0n) is 10.7. The van der Waals surface area contributed by atoms with Gasteiger partial charge in [0.2, 0.25) is 0 Å². The van der Waals surface area contributed by atoms with Crippen molar-refractivity contribution in [3.05, 3.63) is 22.5 Å². The van der Waals surface area contributed by atoms with Crippen molar-refractivity contribution in [2.45, 2.75) is 19.9 Å². The van der Waals surface area contributed by atoms with Gasteiger partial charge in [-0.15, -0.1) is 0 Å². The first-order valence-electron chi connectivity index (χ1n) is 5.47. The molecule has 0 fully saturated rings. The number of esters is 1. The second kappa shape index (κ2) is 5.63. The molecule has 0 aliphatic carbocycles. The van der Waals surface area contributed by atoms with Gasteiger partial charge in [0.25, 0.3) is 0 Å². The highest BCUT2D eigenvalue weighted by atomic mass is 16.5. The molecule has 0 unspecified atom stereocenters. The second-order valence-electron chi connectivity index (χ2n) is 4.07. The van der Waals surface area contributed by atoms with E-state index in [1.54, 1.807) is 0 Å². The first-order chi connectivity index (χ1) is 8.04. The Balaban J connectivity index is 3.30. The summed E-state index contributed by atoms with van der Waals surface area (Å²) < 4.78 is 4.71. The van der Waals surface area contributed by atoms with Crippen molar-refractivity contribution >= 4 is 12.3 Å². The average molecular weight is 238 g/mol. The first-order valence-corrected chi connectivity index (χ1v) is 5.47. The van der Waals surface area contributed by atoms with E-state index in [1.165, 1.54) is 7.11 Å². The van der Waals surface area contributed by atoms with E-state index < -0.39 is 5.97 Å². The van der Waals surface area contributed by atoms with Crippen LogP contribution in [-0.4, -0.2) is 43.3 Å². The van der Waals surface area contributed by atoms with Gasteiger partial charge < -0.3 is 14.6 Å². The fraction of sp³-hybridized carbons (Fsp3) is 0.500. The number of methoxy groups -OCH3 is 1. The number of ether oxygens (including phenoxy) is 1. The molecule has 5 heteroatoms. The summed E-state index contributed by atoms with van der Waals surface area (Å²) in [6.45, 7) is 2.60. The predicted molar refractivity (Wildman–Crippen MR) is 64.3 cm³/mol. The van der Waals surface area contributed by atoms with E-state index >= 15 is 0 Å². The third kappa shape index (κ3) is 2.74. The van der Waals surface area contributed by atoms with Crippen molar-refractivity contribution in [3.63, 3.8) is 0 Å². The summed E-state index contributed by atoms with van der Waals surface area (Å²) in [6.07, 6.45) is 1.34. The van der Waals surface area contributed by atoms with Crippen molar-refractivity contribution in [2.24, 2.45) is 0 Å². The van der Waals surface area contributed by atoms with Crippen molar-refractivity contribution in [3.8, 4) is 0 Å². The quantitative estimate of drug-likeness (QED) is 0.619. The molecule has 0 bridgehead atoms. The van der Waals surface area contributed by atoms with Gasteiger partial charge in [0, 0.05) is 12.2 Å². The predicted octanol–water partition coefficient (Wildman–Crippen LogP) is 1.24. The minimum Gasteiger partial charge on any atom is -0.465 e. The van der Waals surface area contributed by atoms with Crippen LogP contribution < -0.4 is 0 Å². The molecule has 1 aromatic heterocycles. The second-order valence-corrected chi connectivity index (χ2v) is 4.07. The number of rotatable bonds is 5. The number of hydrogen-bond donors (Lipinski definition) is 1. The smallest absolute Gasteiger partial charge is 0.340 e. The Morgan fingerprint density at radius 2 is 2.12 bits per heavy atom. The number of hydrogen-bond acceptors (Lipinski definition) is 4. The van der Waals surface area contributed by atoms with Crippen LogP contribution in [0.25, 0.3) is 0 Å². The zero-order valence-corrected chi connectivity index (χ0v) is 10.7. The summed E-state index contributed by atoms with van der Waals surface area (Å²) in [5.41, 5.74) is 2.40. The summed E-state index contributed by atoms with van der Waals surface area (Å²) in [4.78, 5) is 27.6. The molecule has 17 heavy (non-hydrogen) atoms. The molecule has 1 heterocycles. The highest BCUT2D eigenvalue weighted by Gasteiger charge is 2.22. The van der Waals surface area contributed by atoms with Gasteiger partial charge in [-0.05, 0) is 26.1 Å². The third-order valence-electron chi connectivity index (χ3n) is 2.56. The van der Waals surface area contributed by atoms with Crippen molar-refractivity contribution in [1.29, 1.82) is 0 Å². The maximum Gasteiger partial charge on any atom is 0.340 e. The maximum absolute atomic E-state index is 11.7. The molecule has 94 valence electrons. The van der Waals surface area contributed by atoms with Gasteiger partial charge >= 0.3 is 5.97 Å². The molecule has 1 N–H and O–H groups in total. The van der Waals surface area contributed by atoms with Crippen LogP contribution in [0.5, 0.6) is 0 Å². The van der Waals surface area contributed by atoms with Crippen molar-refractivity contribution in [2.75, 3.05) is 21.2 Å². The summed E-state index contributed by atoms with van der Waals surface area (Å²) in [7, 11) is 5.17. The van der Waals surface area contributed by atoms with E-state index in [1.807, 2.05) is 25.9 Å². The minimum absolute atomic E-state index is 0.297. The Morgan fingerprint density at radius 1 is 1.47 bits per heavy atom. The number of aromatic nitrogens is 1. The fourth-order valence-corrected chi connectivity index (χ4v) is 1.88. The molecule has 0 spiro atoms. The molecule has 0 atom stereocenters. The zero-order chi connectivity index (χ0) is 13.0. The van der Waals surface area contributed by atoms with Gasteiger partial charge in [-0.2, -0.15) is 0 Å². The molecular formula is C12H18N2O3. The van der Waals surface area contributed by atoms with Crippen LogP contribution in [0.4, 0.5) is 0 Å². The molecule has 0 radical (unpaired) electrons. The Bertz CT molecular complexity index is 422. The highest BCUT2D eigenvalue weighted by molar-refractivity contribution is 5.99. The van der Waals surface area contributed by atoms with E-state index in [0.29, 0.717) is 30.5 Å². The number of aromatic amines is 1. The molecule has 0 amide bonds. The van der Waals surface area contributed by atoms with Crippen LogP contribution in [0.2, 0.25) is 0 Å². The number of H-pyrrole nitrogens is 1. The Morgan fingerprint density at radius 3 is 2.53 bits per heavy atom. The van der Waals surface area contributed by atoms with Crippen LogP contribution in [0.1, 0.15) is 39.0 Å². The van der Waals surface area contributed by atoms with E-state index in [2.05, 4.69) is 4.98 Å². The lowest BCUT2D eigenvalue weighted by molar-refractivity contribution is 0.0597. The van der Waals surface area contributed by atoms with E-state index in [9.17, 15) is 9.59 Å². The van der Waals surface area contributed by atoms with Crippen LogP contribution >= 0.6 is 0 Å². The maximum atomic E-state index is 11.7. The van der Waals surface area contributed by atoms with Crippen molar-refractivity contribution in [1.82, 2.24) is 9.88 Å². The Labute approximate surface area is 101 Å². The Hall–Kier alpha value is -1.62. The lowest BCUT2D eigenvalue weighted by Gasteiger charge is -2.10. The van der Waals surface area contributed by atoms with Gasteiger partial charge in [-0.1, -0.05) is 6.92 Å². The summed E-state index contributed by atoms with van der Waals surface area (Å²) in [5.74, 6) is -0.467. The van der Waals surface area contributed by atoms with Gasteiger partial charge in [-0.3, -0.25) is 4.79 Å². The first kappa shape index (κ1) is 13.4. The third-order valence-corrected chi connectivity index (χ3v) is 2.56. The number of nitrogens with one attached hydrogen (secondary N) is 1. The lowest BCUT2D eigenvalue weighted by Crippen LogP contribution is -2.13. The van der Waals surface area contributed by atoms with Crippen LogP contribution in [0, 0.1) is 0 Å². The summed E-state index contributed by atoms with van der Waals surface area (Å²) >= 11 is 0. The fourth-order valence-electron chi connectivity index (χ4n) is 1.88. The van der Waals surface area contributed by atoms with Crippen LogP contribution in [-0.2, 0) is 17.7 Å². The SMILES string of the molecule is CCc1c(CN(C)C)[nH]c(C=O)c1C(=O)OC. The lowest BCUT2D eigenvalue weighted by atomic mass is 10.1. The van der Waals surface area contributed by atoms with Crippen LogP contribution in [0.3, 0.4) is 0 Å². The number of carbonyl (C=O) groups excluding carboxylic acids is 2. The number of aldehydes is 1. The normalized spacial score (nSPS) is 10.6. The molecule has 0 aliphatic rings. The standard InChI is InChI=1S/C12H18N2O3/c1-5-8-9(6-14(2)3)13-10(7-15)11(8)12(16)17-4/h7,13H,5-6H2,1-4H3. The van der Waals surface area contributed by atoms with Gasteiger partial charge in [-0.25, -0.2) is 4.79 Å². The van der Waals surface area contributed by atoms with Crippen LogP contribution in [0.15, 0.2) is 0 Å². The molecule has 0 saturated heterocycles. The average Bonchev–Trinajstić information content (AvgIpc) is 2.64. The molecule has 1 aromatic rings. The molecule has 1 rings (SSSR count). The van der Waals surface area contributed by atoms with E-state index in [0.717, 1.165) is 11.3 Å². The van der Waals surface area contributed by atoms with Gasteiger partial charge in [0.15, 0.2) is 6.29 Å². The summed E-state index contributed by atoms with van der Waals surface area (Å²) in [6, 6.07) is 0. The van der Waals surface area contributed by atoms with E-state index in [-0.39, 0.29) is 0 Å². The minimum atomic E-state index is -0.467. The van der Waals surface area contributed by atoms with E-state index in [4.69, 9.17) is 4.74 Å². The molecule has 5 nitrogen and oxygen atoms in total. The molecule has 0 aromatic carbocycles. The number of nitrogens with zero attached hydrogens (tertiary/aromatic N) is 1. The molecule has 0 aliphatic heterocycles. The van der Waals surface area contributed by atoms with Gasteiger partial charge in [0.1, 0.15) is 0 Å². The number of carbonyl (C=O) groups is 2. The molecular weight excluding hydrogens is 220 g/mol. The highest BCUT2D eigenvalue weighted by Crippen LogP contribution is 2.21. The molecule has 0 saturated carbocycles. The Kier molecular flexibility index (Phi) is 4.45. The summed E-state index contributed by atoms with van der Waals surface area (Å²) in [5, 5.41) is 0. The topological polar surface area (TPSA) is 62.4 Å².